The largest absolute Gasteiger partial charge is 0.383 e. The number of aromatic nitrogens is 2. The molecule has 0 spiro atoms. The van der Waals surface area contributed by atoms with Gasteiger partial charge in [-0.25, -0.2) is 4.79 Å². The van der Waals surface area contributed by atoms with Crippen LogP contribution in [0.2, 0.25) is 0 Å². The second-order valence-electron chi connectivity index (χ2n) is 5.62. The molecule has 0 radical (unpaired) electrons. The number of hydrogen-bond donors (Lipinski definition) is 3. The predicted molar refractivity (Wildman–Crippen MR) is 82.7 cm³/mol. The van der Waals surface area contributed by atoms with Crippen molar-refractivity contribution in [1.29, 1.82) is 0 Å². The van der Waals surface area contributed by atoms with Crippen LogP contribution in [0.5, 0.6) is 0 Å². The number of unbranched alkanes of at least 4 members (excludes halogenated alkanes) is 1. The van der Waals surface area contributed by atoms with E-state index in [1.165, 1.54) is 4.57 Å². The first kappa shape index (κ1) is 15.6. The average Bonchev–Trinajstić information content (AvgIpc) is 2.40. The van der Waals surface area contributed by atoms with Gasteiger partial charge in [0.1, 0.15) is 11.5 Å². The van der Waals surface area contributed by atoms with E-state index in [9.17, 15) is 9.59 Å². The van der Waals surface area contributed by atoms with E-state index in [4.69, 9.17) is 10.5 Å². The summed E-state index contributed by atoms with van der Waals surface area (Å²) in [4.78, 5) is 26.1. The van der Waals surface area contributed by atoms with Crippen molar-refractivity contribution in [3.63, 3.8) is 0 Å². The van der Waals surface area contributed by atoms with Crippen LogP contribution in [0.4, 0.5) is 11.5 Å². The highest BCUT2D eigenvalue weighted by Crippen LogP contribution is 2.35. The summed E-state index contributed by atoms with van der Waals surface area (Å²) in [5.41, 5.74) is 5.10. The minimum absolute atomic E-state index is 0.197. The first-order chi connectivity index (χ1) is 10.0. The first-order valence-electron chi connectivity index (χ1n) is 7.44. The Hall–Kier alpha value is -1.76. The summed E-state index contributed by atoms with van der Waals surface area (Å²) in [5, 5.41) is 3.07. The summed E-state index contributed by atoms with van der Waals surface area (Å²) < 4.78 is 6.92. The van der Waals surface area contributed by atoms with Crippen molar-refractivity contribution < 1.29 is 4.74 Å². The van der Waals surface area contributed by atoms with Crippen LogP contribution in [-0.2, 0) is 11.3 Å². The fraction of sp³-hybridized carbons (Fsp3) is 0.714. The first-order valence-corrected chi connectivity index (χ1v) is 7.44. The molecule has 0 aromatic carbocycles. The predicted octanol–water partition coefficient (Wildman–Crippen LogP) is 0.900. The number of nitrogens with two attached hydrogens (primary N) is 1. The van der Waals surface area contributed by atoms with Gasteiger partial charge in [-0.3, -0.25) is 14.3 Å². The van der Waals surface area contributed by atoms with Crippen LogP contribution < -0.4 is 22.3 Å². The third kappa shape index (κ3) is 3.12. The summed E-state index contributed by atoms with van der Waals surface area (Å²) in [6.07, 6.45) is 4.82. The number of anilines is 2. The van der Waals surface area contributed by atoms with Crippen molar-refractivity contribution in [1.82, 2.24) is 9.55 Å². The van der Waals surface area contributed by atoms with E-state index in [1.807, 2.05) is 6.92 Å². The molecule has 21 heavy (non-hydrogen) atoms. The normalized spacial score (nSPS) is 16.5. The Balaban J connectivity index is 2.22. The quantitative estimate of drug-likeness (QED) is 0.694. The maximum atomic E-state index is 11.9. The molecule has 4 N–H and O–H groups in total. The smallest absolute Gasteiger partial charge is 0.330 e. The maximum absolute atomic E-state index is 11.9. The molecular formula is C14H24N4O3. The lowest BCUT2D eigenvalue weighted by atomic mass is 9.80. The number of nitrogen functional groups attached to an aromatic ring is 1. The van der Waals surface area contributed by atoms with E-state index in [0.29, 0.717) is 13.1 Å². The Labute approximate surface area is 123 Å². The highest BCUT2D eigenvalue weighted by atomic mass is 16.5. The standard InChI is InChI=1S/C14H24N4O3/c1-3-4-8-18-11(15)10(12(19)17-13(18)20)16-9-14(21-2)6-5-7-14/h16H,3-9,15H2,1-2H3,(H,17,19,20). The van der Waals surface area contributed by atoms with Crippen LogP contribution in [0.15, 0.2) is 9.59 Å². The van der Waals surface area contributed by atoms with Gasteiger partial charge < -0.3 is 15.8 Å². The molecule has 1 heterocycles. The van der Waals surface area contributed by atoms with E-state index in [1.54, 1.807) is 7.11 Å². The lowest BCUT2D eigenvalue weighted by Gasteiger charge is -2.40. The van der Waals surface area contributed by atoms with Crippen LogP contribution in [0.3, 0.4) is 0 Å². The number of ether oxygens (including phenoxy) is 1. The van der Waals surface area contributed by atoms with Crippen molar-refractivity contribution in [2.75, 3.05) is 24.7 Å². The number of nitrogens with one attached hydrogen (secondary N) is 2. The van der Waals surface area contributed by atoms with Gasteiger partial charge in [0.05, 0.1) is 5.60 Å². The zero-order chi connectivity index (χ0) is 15.5. The van der Waals surface area contributed by atoms with Crippen molar-refractivity contribution >= 4 is 11.5 Å². The Morgan fingerprint density at radius 1 is 1.43 bits per heavy atom. The number of H-pyrrole nitrogens is 1. The monoisotopic (exact) mass is 296 g/mol. The molecule has 0 unspecified atom stereocenters. The summed E-state index contributed by atoms with van der Waals surface area (Å²) in [6, 6.07) is 0. The van der Waals surface area contributed by atoms with Gasteiger partial charge in [0.2, 0.25) is 0 Å². The topological polar surface area (TPSA) is 102 Å². The molecule has 1 saturated carbocycles. The fourth-order valence-electron chi connectivity index (χ4n) is 2.57. The third-order valence-corrected chi connectivity index (χ3v) is 4.26. The highest BCUT2D eigenvalue weighted by Gasteiger charge is 2.37. The summed E-state index contributed by atoms with van der Waals surface area (Å²) >= 11 is 0. The molecule has 1 aliphatic rings. The van der Waals surface area contributed by atoms with E-state index >= 15 is 0 Å². The molecule has 118 valence electrons. The number of methoxy groups -OCH3 is 1. The van der Waals surface area contributed by atoms with Gasteiger partial charge >= 0.3 is 5.69 Å². The highest BCUT2D eigenvalue weighted by molar-refractivity contribution is 5.60. The van der Waals surface area contributed by atoms with E-state index < -0.39 is 11.2 Å². The lowest BCUT2D eigenvalue weighted by molar-refractivity contribution is -0.0601. The lowest BCUT2D eigenvalue weighted by Crippen LogP contribution is -2.46. The molecule has 7 heteroatoms. The molecule has 0 atom stereocenters. The van der Waals surface area contributed by atoms with Crippen molar-refractivity contribution in [3.8, 4) is 0 Å². The molecule has 0 bridgehead atoms. The van der Waals surface area contributed by atoms with Gasteiger partial charge in [-0.2, -0.15) is 0 Å². The van der Waals surface area contributed by atoms with Gasteiger partial charge in [0.25, 0.3) is 5.56 Å². The van der Waals surface area contributed by atoms with Gasteiger partial charge in [-0.1, -0.05) is 13.3 Å². The van der Waals surface area contributed by atoms with Crippen molar-refractivity contribution in [2.45, 2.75) is 51.2 Å². The molecule has 0 aliphatic heterocycles. The molecule has 0 amide bonds. The minimum Gasteiger partial charge on any atom is -0.383 e. The number of aromatic amines is 1. The molecule has 7 nitrogen and oxygen atoms in total. The van der Waals surface area contributed by atoms with Crippen molar-refractivity contribution in [2.24, 2.45) is 0 Å². The van der Waals surface area contributed by atoms with Crippen LogP contribution in [0.25, 0.3) is 0 Å². The van der Waals surface area contributed by atoms with E-state index in [2.05, 4.69) is 10.3 Å². The van der Waals surface area contributed by atoms with Crippen LogP contribution in [0.1, 0.15) is 39.0 Å². The summed E-state index contributed by atoms with van der Waals surface area (Å²) in [6.45, 7) is 3.05. The van der Waals surface area contributed by atoms with Crippen LogP contribution in [0, 0.1) is 0 Å². The zero-order valence-electron chi connectivity index (χ0n) is 12.7. The maximum Gasteiger partial charge on any atom is 0.330 e. The molecule has 0 saturated heterocycles. The Bertz CT molecular complexity index is 596. The van der Waals surface area contributed by atoms with Gasteiger partial charge in [0, 0.05) is 20.2 Å². The van der Waals surface area contributed by atoms with Crippen LogP contribution in [-0.4, -0.2) is 28.8 Å². The molecule has 1 aliphatic carbocycles. The van der Waals surface area contributed by atoms with E-state index in [0.717, 1.165) is 32.1 Å². The third-order valence-electron chi connectivity index (χ3n) is 4.26. The SMILES string of the molecule is CCCCn1c(N)c(NCC2(OC)CCC2)c(=O)[nH]c1=O. The number of hydrogen-bond acceptors (Lipinski definition) is 5. The Morgan fingerprint density at radius 3 is 2.67 bits per heavy atom. The number of nitrogens with zero attached hydrogens (tertiary/aromatic N) is 1. The van der Waals surface area contributed by atoms with E-state index in [-0.39, 0.29) is 17.1 Å². The Morgan fingerprint density at radius 2 is 2.14 bits per heavy atom. The van der Waals surface area contributed by atoms with Gasteiger partial charge in [0.15, 0.2) is 0 Å². The molecule has 1 aromatic rings. The van der Waals surface area contributed by atoms with Gasteiger partial charge in [-0.05, 0) is 25.7 Å². The van der Waals surface area contributed by atoms with Gasteiger partial charge in [-0.15, -0.1) is 0 Å². The minimum atomic E-state index is -0.476. The summed E-state index contributed by atoms with van der Waals surface area (Å²) in [7, 11) is 1.68. The second-order valence-corrected chi connectivity index (χ2v) is 5.62. The summed E-state index contributed by atoms with van der Waals surface area (Å²) in [5.74, 6) is 0.197. The fourth-order valence-corrected chi connectivity index (χ4v) is 2.57. The molecule has 1 aromatic heterocycles. The Kier molecular flexibility index (Phi) is 4.72. The molecular weight excluding hydrogens is 272 g/mol. The molecule has 1 fully saturated rings. The average molecular weight is 296 g/mol. The van der Waals surface area contributed by atoms with Crippen LogP contribution >= 0.6 is 0 Å². The zero-order valence-corrected chi connectivity index (χ0v) is 12.7. The second kappa shape index (κ2) is 6.34. The van der Waals surface area contributed by atoms with Crippen molar-refractivity contribution in [3.05, 3.63) is 20.8 Å². The molecule has 2 rings (SSSR count). The number of rotatable bonds is 7.